The summed E-state index contributed by atoms with van der Waals surface area (Å²) in [5.74, 6) is 0.845. The van der Waals surface area contributed by atoms with E-state index in [1.54, 1.807) is 28.6 Å². The molecule has 0 unspecified atom stereocenters. The minimum atomic E-state index is -3.40. The number of fused-ring (bicyclic) bond motifs is 1. The number of hydrogen-bond acceptors (Lipinski definition) is 6. The van der Waals surface area contributed by atoms with Gasteiger partial charge in [-0.25, -0.2) is 13.4 Å². The molecule has 0 aliphatic carbocycles. The largest absolute Gasteiger partial charge is 0.369 e. The maximum absolute atomic E-state index is 12.7. The number of anilines is 1. The van der Waals surface area contributed by atoms with Gasteiger partial charge < -0.3 is 5.32 Å². The molecule has 1 aliphatic rings. The molecule has 0 spiro atoms. The van der Waals surface area contributed by atoms with E-state index < -0.39 is 10.0 Å². The lowest BCUT2D eigenvalue weighted by atomic mass is 10.2. The summed E-state index contributed by atoms with van der Waals surface area (Å²) >= 11 is 0. The highest BCUT2D eigenvalue weighted by molar-refractivity contribution is 7.89. The number of aromatic nitrogens is 2. The van der Waals surface area contributed by atoms with Crippen LogP contribution in [0.25, 0.3) is 10.9 Å². The molecule has 7 nitrogen and oxygen atoms in total. The van der Waals surface area contributed by atoms with Crippen LogP contribution in [0.4, 0.5) is 5.82 Å². The second kappa shape index (κ2) is 8.67. The molecule has 0 amide bonds. The molecule has 8 heteroatoms. The number of nitrogens with one attached hydrogen (secondary N) is 1. The zero-order valence-electron chi connectivity index (χ0n) is 17.4. The molecule has 2 aromatic heterocycles. The van der Waals surface area contributed by atoms with Crippen LogP contribution in [0, 0.1) is 13.8 Å². The van der Waals surface area contributed by atoms with E-state index in [9.17, 15) is 8.42 Å². The fourth-order valence-electron chi connectivity index (χ4n) is 3.82. The lowest BCUT2D eigenvalue weighted by Crippen LogP contribution is -2.49. The monoisotopic (exact) mass is 425 g/mol. The van der Waals surface area contributed by atoms with E-state index in [-0.39, 0.29) is 0 Å². The van der Waals surface area contributed by atoms with E-state index in [0.29, 0.717) is 18.0 Å². The number of benzene rings is 1. The van der Waals surface area contributed by atoms with Crippen LogP contribution in [0.3, 0.4) is 0 Å². The van der Waals surface area contributed by atoms with Crippen molar-refractivity contribution in [2.24, 2.45) is 0 Å². The summed E-state index contributed by atoms with van der Waals surface area (Å²) < 4.78 is 27.0. The molecular weight excluding hydrogens is 398 g/mol. The third-order valence-electron chi connectivity index (χ3n) is 5.45. The Morgan fingerprint density at radius 3 is 2.43 bits per heavy atom. The number of nitrogens with zero attached hydrogens (tertiary/aromatic N) is 4. The van der Waals surface area contributed by atoms with E-state index in [0.717, 1.165) is 54.3 Å². The van der Waals surface area contributed by atoms with E-state index in [2.05, 4.69) is 21.3 Å². The first-order valence-electron chi connectivity index (χ1n) is 10.2. The van der Waals surface area contributed by atoms with Crippen molar-refractivity contribution in [3.05, 3.63) is 59.9 Å². The van der Waals surface area contributed by atoms with Crippen molar-refractivity contribution in [1.82, 2.24) is 19.2 Å². The van der Waals surface area contributed by atoms with Crippen molar-refractivity contribution in [3.63, 3.8) is 0 Å². The average molecular weight is 426 g/mol. The van der Waals surface area contributed by atoms with Gasteiger partial charge in [-0.3, -0.25) is 9.88 Å². The first-order valence-corrected chi connectivity index (χ1v) is 11.6. The highest BCUT2D eigenvalue weighted by atomic mass is 32.2. The Morgan fingerprint density at radius 1 is 0.967 bits per heavy atom. The lowest BCUT2D eigenvalue weighted by molar-refractivity contribution is 0.194. The highest BCUT2D eigenvalue weighted by Gasteiger charge is 2.28. The van der Waals surface area contributed by atoms with E-state index in [4.69, 9.17) is 4.98 Å². The number of sulfonamides is 1. The molecule has 1 aliphatic heterocycles. The van der Waals surface area contributed by atoms with Gasteiger partial charge >= 0.3 is 0 Å². The average Bonchev–Trinajstić information content (AvgIpc) is 2.74. The van der Waals surface area contributed by atoms with Crippen LogP contribution in [0.1, 0.15) is 11.4 Å². The molecule has 3 heterocycles. The molecule has 3 aromatic rings. The van der Waals surface area contributed by atoms with Gasteiger partial charge in [0.05, 0.1) is 10.4 Å². The molecule has 0 radical (unpaired) electrons. The Bertz CT molecular complexity index is 1130. The zero-order chi connectivity index (χ0) is 21.1. The Balaban J connectivity index is 1.30. The topological polar surface area (TPSA) is 78.4 Å². The van der Waals surface area contributed by atoms with Gasteiger partial charge in [0.25, 0.3) is 0 Å². The van der Waals surface area contributed by atoms with Crippen molar-refractivity contribution >= 4 is 26.7 Å². The fourth-order valence-corrected chi connectivity index (χ4v) is 5.26. The Kier molecular flexibility index (Phi) is 5.99. The number of piperazine rings is 1. The van der Waals surface area contributed by atoms with E-state index in [1.165, 1.54) is 0 Å². The van der Waals surface area contributed by atoms with Crippen molar-refractivity contribution in [1.29, 1.82) is 0 Å². The number of rotatable bonds is 6. The van der Waals surface area contributed by atoms with Gasteiger partial charge in [0.1, 0.15) is 5.82 Å². The quantitative estimate of drug-likeness (QED) is 0.654. The maximum atomic E-state index is 12.7. The fraction of sp³-hybridized carbons (Fsp3) is 0.364. The summed E-state index contributed by atoms with van der Waals surface area (Å²) in [4.78, 5) is 11.8. The van der Waals surface area contributed by atoms with Crippen molar-refractivity contribution in [2.45, 2.75) is 18.7 Å². The first-order chi connectivity index (χ1) is 14.4. The van der Waals surface area contributed by atoms with Gasteiger partial charge in [-0.2, -0.15) is 4.31 Å². The summed E-state index contributed by atoms with van der Waals surface area (Å²) in [6, 6.07) is 14.7. The molecule has 30 heavy (non-hydrogen) atoms. The van der Waals surface area contributed by atoms with Gasteiger partial charge in [-0.15, -0.1) is 0 Å². The van der Waals surface area contributed by atoms with Crippen LogP contribution in [0.2, 0.25) is 0 Å². The van der Waals surface area contributed by atoms with Gasteiger partial charge in [0.15, 0.2) is 0 Å². The minimum Gasteiger partial charge on any atom is -0.369 e. The molecule has 158 valence electrons. The Labute approximate surface area is 177 Å². The highest BCUT2D eigenvalue weighted by Crippen LogP contribution is 2.19. The SMILES string of the molecule is Cc1cc2nc(NCCN3CCN(S(=O)(=O)c4ccccc4)CC3)ccc2c(C)n1. The molecule has 0 saturated carbocycles. The van der Waals surface area contributed by atoms with Gasteiger partial charge in [-0.1, -0.05) is 18.2 Å². The summed E-state index contributed by atoms with van der Waals surface area (Å²) in [5, 5.41) is 4.46. The summed E-state index contributed by atoms with van der Waals surface area (Å²) in [7, 11) is -3.40. The third-order valence-corrected chi connectivity index (χ3v) is 7.36. The molecule has 0 bridgehead atoms. The first kappa shape index (κ1) is 20.7. The van der Waals surface area contributed by atoms with Crippen LogP contribution in [0.5, 0.6) is 0 Å². The molecule has 1 N–H and O–H groups in total. The Hall–Kier alpha value is -2.55. The van der Waals surface area contributed by atoms with Crippen molar-refractivity contribution in [2.75, 3.05) is 44.6 Å². The van der Waals surface area contributed by atoms with E-state index in [1.807, 2.05) is 32.0 Å². The van der Waals surface area contributed by atoms with Crippen molar-refractivity contribution in [3.8, 4) is 0 Å². The van der Waals surface area contributed by atoms with Crippen LogP contribution in [0.15, 0.2) is 53.4 Å². The van der Waals surface area contributed by atoms with Gasteiger partial charge in [-0.05, 0) is 44.2 Å². The zero-order valence-corrected chi connectivity index (χ0v) is 18.2. The van der Waals surface area contributed by atoms with Gasteiger partial charge in [0.2, 0.25) is 10.0 Å². The normalized spacial score (nSPS) is 16.1. The van der Waals surface area contributed by atoms with Crippen LogP contribution in [-0.2, 0) is 10.0 Å². The van der Waals surface area contributed by atoms with E-state index >= 15 is 0 Å². The molecule has 0 atom stereocenters. The van der Waals surface area contributed by atoms with Crippen molar-refractivity contribution < 1.29 is 8.42 Å². The predicted molar refractivity (Wildman–Crippen MR) is 119 cm³/mol. The molecule has 1 saturated heterocycles. The minimum absolute atomic E-state index is 0.364. The maximum Gasteiger partial charge on any atom is 0.243 e. The molecule has 4 rings (SSSR count). The number of aryl methyl sites for hydroxylation is 2. The second-order valence-electron chi connectivity index (χ2n) is 7.60. The van der Waals surface area contributed by atoms with Crippen LogP contribution in [-0.4, -0.2) is 66.9 Å². The summed E-state index contributed by atoms with van der Waals surface area (Å²) in [6.45, 7) is 8.05. The standard InChI is InChI=1S/C22H27N5O2S/c1-17-16-21-20(18(2)24-17)8-9-22(25-21)23-10-11-26-12-14-27(15-13-26)30(28,29)19-6-4-3-5-7-19/h3-9,16H,10-15H2,1-2H3,(H,23,25). The van der Waals surface area contributed by atoms with Crippen LogP contribution >= 0.6 is 0 Å². The third kappa shape index (κ3) is 4.45. The molecule has 1 aromatic carbocycles. The Morgan fingerprint density at radius 2 is 1.70 bits per heavy atom. The molecular formula is C22H27N5O2S. The lowest BCUT2D eigenvalue weighted by Gasteiger charge is -2.34. The number of hydrogen-bond donors (Lipinski definition) is 1. The summed E-state index contributed by atoms with van der Waals surface area (Å²) in [6.07, 6.45) is 0. The summed E-state index contributed by atoms with van der Waals surface area (Å²) in [5.41, 5.74) is 2.91. The van der Waals surface area contributed by atoms with Gasteiger partial charge in [0, 0.05) is 56.0 Å². The predicted octanol–water partition coefficient (Wildman–Crippen LogP) is 2.67. The smallest absolute Gasteiger partial charge is 0.243 e. The second-order valence-corrected chi connectivity index (χ2v) is 9.54. The molecule has 1 fully saturated rings. The number of pyridine rings is 2. The van der Waals surface area contributed by atoms with Crippen LogP contribution < -0.4 is 5.32 Å².